The summed E-state index contributed by atoms with van der Waals surface area (Å²) in [6.45, 7) is 8.15. The molecule has 0 saturated heterocycles. The summed E-state index contributed by atoms with van der Waals surface area (Å²) < 4.78 is 16.3. The van der Waals surface area contributed by atoms with E-state index >= 15 is 0 Å². The zero-order valence-corrected chi connectivity index (χ0v) is 17.6. The lowest BCUT2D eigenvalue weighted by molar-refractivity contribution is 0.0995. The van der Waals surface area contributed by atoms with Crippen molar-refractivity contribution in [1.82, 2.24) is 10.6 Å². The third-order valence-corrected chi connectivity index (χ3v) is 4.32. The molecule has 2 N–H and O–H groups in total. The minimum Gasteiger partial charge on any atom is -0.493 e. The molecular weight excluding hydrogens is 364 g/mol. The lowest BCUT2D eigenvalue weighted by Crippen LogP contribution is -2.31. The maximum atomic E-state index is 5.91. The highest BCUT2D eigenvalue weighted by Crippen LogP contribution is 2.27. The monoisotopic (exact) mass is 396 g/mol. The molecule has 0 saturated carbocycles. The van der Waals surface area contributed by atoms with Gasteiger partial charge in [0, 0.05) is 24.7 Å². The molecule has 0 heterocycles. The Balaban J connectivity index is 2.05. The summed E-state index contributed by atoms with van der Waals surface area (Å²) in [5.41, 5.74) is 1.22. The van der Waals surface area contributed by atoms with Gasteiger partial charge in [-0.25, -0.2) is 0 Å². The molecule has 0 fully saturated rings. The molecule has 1 rings (SSSR count). The molecule has 1 aromatic carbocycles. The van der Waals surface area contributed by atoms with Crippen LogP contribution in [0.1, 0.15) is 19.4 Å². The van der Waals surface area contributed by atoms with E-state index in [1.165, 1.54) is 5.56 Å². The smallest absolute Gasteiger partial charge is 0.160 e. The van der Waals surface area contributed by atoms with E-state index in [2.05, 4.69) is 16.7 Å². The summed E-state index contributed by atoms with van der Waals surface area (Å²) in [6, 6.07) is 6.03. The number of allylic oxidation sites excluding steroid dienone is 3. The molecule has 0 aromatic heterocycles. The highest BCUT2D eigenvalue weighted by molar-refractivity contribution is 6.31. The molecule has 1 atom stereocenters. The Labute approximate surface area is 168 Å². The van der Waals surface area contributed by atoms with Crippen molar-refractivity contribution in [1.29, 1.82) is 0 Å². The highest BCUT2D eigenvalue weighted by atomic mass is 35.5. The average Bonchev–Trinajstić information content (AvgIpc) is 2.70. The first-order valence-corrected chi connectivity index (χ1v) is 9.72. The number of hydrogen-bond donors (Lipinski definition) is 2. The fraction of sp³-hybridized carbons (Fsp3) is 0.524. The molecule has 0 amide bonds. The lowest BCUT2D eigenvalue weighted by atomic mass is 10.1. The predicted molar refractivity (Wildman–Crippen MR) is 113 cm³/mol. The topological polar surface area (TPSA) is 51.8 Å². The normalized spacial score (nSPS) is 13.1. The van der Waals surface area contributed by atoms with Gasteiger partial charge in [0.15, 0.2) is 11.5 Å². The van der Waals surface area contributed by atoms with Crippen LogP contribution in [0.4, 0.5) is 0 Å². The third kappa shape index (κ3) is 10.4. The quantitative estimate of drug-likeness (QED) is 0.372. The summed E-state index contributed by atoms with van der Waals surface area (Å²) in [7, 11) is 3.30. The molecule has 152 valence electrons. The van der Waals surface area contributed by atoms with Crippen LogP contribution in [0.25, 0.3) is 0 Å². The zero-order valence-electron chi connectivity index (χ0n) is 16.9. The van der Waals surface area contributed by atoms with Crippen LogP contribution in [-0.4, -0.2) is 53.1 Å². The van der Waals surface area contributed by atoms with Crippen LogP contribution in [-0.2, 0) is 11.2 Å². The van der Waals surface area contributed by atoms with Crippen molar-refractivity contribution in [2.45, 2.75) is 26.4 Å². The van der Waals surface area contributed by atoms with Gasteiger partial charge in [-0.2, -0.15) is 0 Å². The molecule has 27 heavy (non-hydrogen) atoms. The van der Waals surface area contributed by atoms with Gasteiger partial charge < -0.3 is 24.8 Å². The van der Waals surface area contributed by atoms with E-state index in [4.69, 9.17) is 25.8 Å². The first-order valence-electron chi connectivity index (χ1n) is 9.34. The van der Waals surface area contributed by atoms with Gasteiger partial charge in [0.2, 0.25) is 0 Å². The molecule has 0 radical (unpaired) electrons. The second-order valence-electron chi connectivity index (χ2n) is 6.05. The second kappa shape index (κ2) is 14.5. The van der Waals surface area contributed by atoms with Gasteiger partial charge in [0.05, 0.1) is 26.9 Å². The molecule has 6 heteroatoms. The second-order valence-corrected chi connectivity index (χ2v) is 6.48. The fourth-order valence-electron chi connectivity index (χ4n) is 2.39. The highest BCUT2D eigenvalue weighted by Gasteiger charge is 2.04. The van der Waals surface area contributed by atoms with E-state index in [-0.39, 0.29) is 6.10 Å². The number of rotatable bonds is 14. The molecule has 0 spiro atoms. The van der Waals surface area contributed by atoms with Crippen LogP contribution in [0.5, 0.6) is 11.5 Å². The molecular formula is C21H33ClN2O3. The van der Waals surface area contributed by atoms with E-state index in [1.807, 2.05) is 44.2 Å². The first kappa shape index (κ1) is 23.5. The van der Waals surface area contributed by atoms with Crippen molar-refractivity contribution in [3.8, 4) is 11.5 Å². The van der Waals surface area contributed by atoms with Crippen LogP contribution in [0.3, 0.4) is 0 Å². The number of methoxy groups -OCH3 is 2. The fourth-order valence-corrected chi connectivity index (χ4v) is 2.46. The Morgan fingerprint density at radius 1 is 1.07 bits per heavy atom. The molecule has 0 aliphatic carbocycles. The van der Waals surface area contributed by atoms with Crippen molar-refractivity contribution < 1.29 is 14.2 Å². The Hall–Kier alpha value is -1.53. The zero-order chi connectivity index (χ0) is 19.9. The first-order chi connectivity index (χ1) is 13.1. The molecule has 0 aliphatic heterocycles. The van der Waals surface area contributed by atoms with Crippen LogP contribution < -0.4 is 20.1 Å². The Kier molecular flexibility index (Phi) is 12.6. The lowest BCUT2D eigenvalue weighted by Gasteiger charge is -2.11. The van der Waals surface area contributed by atoms with E-state index in [0.29, 0.717) is 6.61 Å². The Morgan fingerprint density at radius 2 is 1.78 bits per heavy atom. The number of nitrogens with one attached hydrogen (secondary N) is 2. The Bertz CT molecular complexity index is 591. The summed E-state index contributed by atoms with van der Waals surface area (Å²) in [4.78, 5) is 0. The molecule has 1 aromatic rings. The molecule has 1 unspecified atom stereocenters. The van der Waals surface area contributed by atoms with Crippen LogP contribution >= 0.6 is 11.6 Å². The van der Waals surface area contributed by atoms with Crippen LogP contribution in [0, 0.1) is 0 Å². The average molecular weight is 397 g/mol. The van der Waals surface area contributed by atoms with Crippen LogP contribution in [0.2, 0.25) is 0 Å². The van der Waals surface area contributed by atoms with E-state index in [9.17, 15) is 0 Å². The summed E-state index contributed by atoms with van der Waals surface area (Å²) in [6.07, 6.45) is 6.67. The number of hydrogen-bond acceptors (Lipinski definition) is 5. The number of ether oxygens (including phenoxy) is 3. The van der Waals surface area contributed by atoms with Gasteiger partial charge in [-0.05, 0) is 50.6 Å². The summed E-state index contributed by atoms with van der Waals surface area (Å²) >= 11 is 5.91. The van der Waals surface area contributed by atoms with E-state index < -0.39 is 0 Å². The van der Waals surface area contributed by atoms with Gasteiger partial charge in [0.25, 0.3) is 0 Å². The largest absolute Gasteiger partial charge is 0.493 e. The minimum absolute atomic E-state index is 0.0557. The van der Waals surface area contributed by atoms with Crippen molar-refractivity contribution in [2.24, 2.45) is 0 Å². The summed E-state index contributed by atoms with van der Waals surface area (Å²) in [5, 5.41) is 7.52. The standard InChI is InChI=1S/C21H33ClN2O3/c1-5-19(22)8-6-17(2)27-15-14-24-13-12-23-11-10-18-7-9-20(25-3)21(16-18)26-4/h5-9,16-17,23-24H,10-15H2,1-4H3/b8-6-,19-5+. The van der Waals surface area contributed by atoms with Crippen molar-refractivity contribution in [2.75, 3.05) is 47.0 Å². The number of benzene rings is 1. The third-order valence-electron chi connectivity index (χ3n) is 3.98. The van der Waals surface area contributed by atoms with Gasteiger partial charge in [-0.15, -0.1) is 0 Å². The van der Waals surface area contributed by atoms with E-state index in [1.54, 1.807) is 14.2 Å². The van der Waals surface area contributed by atoms with Crippen molar-refractivity contribution in [3.63, 3.8) is 0 Å². The SMILES string of the molecule is C/C=C(Cl)\C=C/C(C)OCCNCCNCCc1ccc(OC)c(OC)c1. The summed E-state index contributed by atoms with van der Waals surface area (Å²) in [5.74, 6) is 1.53. The molecule has 5 nitrogen and oxygen atoms in total. The van der Waals surface area contributed by atoms with Gasteiger partial charge in [-0.1, -0.05) is 29.8 Å². The van der Waals surface area contributed by atoms with Gasteiger partial charge in [0.1, 0.15) is 0 Å². The minimum atomic E-state index is 0.0557. The van der Waals surface area contributed by atoms with Crippen molar-refractivity contribution >= 4 is 11.6 Å². The van der Waals surface area contributed by atoms with Gasteiger partial charge in [-0.3, -0.25) is 0 Å². The van der Waals surface area contributed by atoms with Crippen molar-refractivity contribution in [3.05, 3.63) is 47.0 Å². The number of halogens is 1. The maximum absolute atomic E-state index is 5.91. The molecule has 0 bridgehead atoms. The van der Waals surface area contributed by atoms with E-state index in [0.717, 1.165) is 49.1 Å². The predicted octanol–water partition coefficient (Wildman–Crippen LogP) is 3.53. The Morgan fingerprint density at radius 3 is 2.44 bits per heavy atom. The van der Waals surface area contributed by atoms with Crippen LogP contribution in [0.15, 0.2) is 41.5 Å². The van der Waals surface area contributed by atoms with Gasteiger partial charge >= 0.3 is 0 Å². The molecule has 0 aliphatic rings. The maximum Gasteiger partial charge on any atom is 0.160 e.